The van der Waals surface area contributed by atoms with Crippen LogP contribution >= 0.6 is 0 Å². The number of Topliss-reactive ketones (excluding diaryl/α,β-unsaturated/α-hetero) is 5. The average Bonchev–Trinajstić information content (AvgIpc) is 3.37. The normalized spacial score (nSPS) is 33.5. The SMILES string of the molecule is CC/C=C/C1=CC=C(c2cc(C(C)C)c3c(c2O)C(=O)C2C(=O)[C@@]4(O)C(=O)C(C(C)=O)C(=O)C(C(C)C)[C@@]4(C)C[C@@]2(C)C3)C1. The third-order valence-electron chi connectivity index (χ3n) is 10.8. The van der Waals surface area contributed by atoms with Crippen molar-refractivity contribution in [1.82, 2.24) is 0 Å². The highest BCUT2D eigenvalue weighted by Crippen LogP contribution is 2.64. The Bertz CT molecular complexity index is 1600. The molecule has 0 spiro atoms. The number of fused-ring (bicyclic) bond motifs is 3. The van der Waals surface area contributed by atoms with Crippen molar-refractivity contribution in [3.63, 3.8) is 0 Å². The number of allylic oxidation sites excluding steroid dienone is 6. The van der Waals surface area contributed by atoms with Crippen LogP contribution < -0.4 is 0 Å². The molecule has 2 N–H and O–H groups in total. The lowest BCUT2D eigenvalue weighted by Gasteiger charge is -2.62. The summed E-state index contributed by atoms with van der Waals surface area (Å²) in [6, 6.07) is 1.95. The highest BCUT2D eigenvalue weighted by molar-refractivity contribution is 6.32. The van der Waals surface area contributed by atoms with E-state index in [2.05, 4.69) is 13.0 Å². The molecule has 1 aromatic carbocycles. The van der Waals surface area contributed by atoms with Crippen molar-refractivity contribution in [3.05, 3.63) is 58.2 Å². The highest BCUT2D eigenvalue weighted by Gasteiger charge is 2.76. The largest absolute Gasteiger partial charge is 0.507 e. The maximum Gasteiger partial charge on any atom is 0.190 e. The second-order valence-electron chi connectivity index (χ2n) is 14.6. The van der Waals surface area contributed by atoms with E-state index < -0.39 is 63.1 Å². The van der Waals surface area contributed by atoms with Gasteiger partial charge in [0, 0.05) is 16.9 Å². The van der Waals surface area contributed by atoms with Crippen LogP contribution in [0.2, 0.25) is 0 Å². The van der Waals surface area contributed by atoms with Gasteiger partial charge >= 0.3 is 0 Å². The first-order valence-corrected chi connectivity index (χ1v) is 15.8. The lowest BCUT2D eigenvalue weighted by atomic mass is 9.39. The number of carbonyl (C=O) groups excluding carboxylic acids is 5. The second kappa shape index (κ2) is 10.6. The molecular weight excluding hydrogens is 556 g/mol. The summed E-state index contributed by atoms with van der Waals surface area (Å²) >= 11 is 0. The summed E-state index contributed by atoms with van der Waals surface area (Å²) in [5, 5.41) is 24.0. The van der Waals surface area contributed by atoms with Crippen molar-refractivity contribution >= 4 is 34.5 Å². The summed E-state index contributed by atoms with van der Waals surface area (Å²) in [7, 11) is 0. The van der Waals surface area contributed by atoms with Gasteiger partial charge in [-0.2, -0.15) is 0 Å². The maximum absolute atomic E-state index is 14.6. The van der Waals surface area contributed by atoms with Gasteiger partial charge in [0.1, 0.15) is 17.5 Å². The number of benzene rings is 1. The molecule has 0 amide bonds. The first kappa shape index (κ1) is 32.0. The summed E-state index contributed by atoms with van der Waals surface area (Å²) in [6.07, 6.45) is 9.80. The van der Waals surface area contributed by atoms with E-state index in [4.69, 9.17) is 0 Å². The Labute approximate surface area is 259 Å². The molecule has 1 aromatic rings. The molecule has 4 aliphatic carbocycles. The van der Waals surface area contributed by atoms with E-state index in [0.29, 0.717) is 17.5 Å². The number of phenolic OH excluding ortho intramolecular Hbond substituents is 1. The van der Waals surface area contributed by atoms with Crippen LogP contribution in [0.25, 0.3) is 5.57 Å². The molecule has 4 aliphatic rings. The Morgan fingerprint density at radius 2 is 1.73 bits per heavy atom. The topological polar surface area (TPSA) is 126 Å². The van der Waals surface area contributed by atoms with Gasteiger partial charge in [-0.1, -0.05) is 72.8 Å². The zero-order valence-electron chi connectivity index (χ0n) is 27.0. The molecule has 2 saturated carbocycles. The van der Waals surface area contributed by atoms with E-state index in [9.17, 15) is 34.2 Å². The molecule has 5 rings (SSSR count). The number of rotatable bonds is 6. The van der Waals surface area contributed by atoms with Gasteiger partial charge in [-0.05, 0) is 78.2 Å². The van der Waals surface area contributed by atoms with Crippen LogP contribution in [0.15, 0.2) is 35.9 Å². The fourth-order valence-electron chi connectivity index (χ4n) is 9.11. The highest BCUT2D eigenvalue weighted by atomic mass is 16.3. The predicted octanol–water partition coefficient (Wildman–Crippen LogP) is 5.90. The summed E-state index contributed by atoms with van der Waals surface area (Å²) in [5.74, 6) is -8.73. The number of carbonyl (C=O) groups is 5. The van der Waals surface area contributed by atoms with Gasteiger partial charge in [-0.3, -0.25) is 24.0 Å². The molecule has 0 radical (unpaired) electrons. The minimum Gasteiger partial charge on any atom is -0.507 e. The zero-order chi connectivity index (χ0) is 32.7. The Hall–Kier alpha value is -3.45. The molecular formula is C37H44O7. The van der Waals surface area contributed by atoms with Crippen LogP contribution in [0.1, 0.15) is 108 Å². The third kappa shape index (κ3) is 4.22. The van der Waals surface area contributed by atoms with Crippen molar-refractivity contribution in [1.29, 1.82) is 0 Å². The van der Waals surface area contributed by atoms with Gasteiger partial charge in [0.05, 0.1) is 11.5 Å². The number of hydrogen-bond donors (Lipinski definition) is 2. The minimum atomic E-state index is -2.70. The van der Waals surface area contributed by atoms with Gasteiger partial charge < -0.3 is 10.2 Å². The van der Waals surface area contributed by atoms with Gasteiger partial charge in [0.25, 0.3) is 0 Å². The standard InChI is InChI=1S/C37H44O7/c1-9-10-11-21-12-13-22(14-21)24-15-23(18(2)3)25-16-35(7)17-36(8)28(19(4)5)31(40)26(20(6)38)33(42)37(36,44)34(43)29(35)32(41)27(25)30(24)39/h10-13,15,18-19,26,28-29,39,44H,9,14,16-17H2,1-8H3/b11-10+/t26?,28?,29?,35-,36-,37+/m1/s1. The zero-order valence-corrected chi connectivity index (χ0v) is 27.0. The van der Waals surface area contributed by atoms with Crippen molar-refractivity contribution in [3.8, 4) is 5.75 Å². The molecule has 6 atom stereocenters. The predicted molar refractivity (Wildman–Crippen MR) is 167 cm³/mol. The molecule has 7 nitrogen and oxygen atoms in total. The Morgan fingerprint density at radius 1 is 1.07 bits per heavy atom. The second-order valence-corrected chi connectivity index (χ2v) is 14.6. The van der Waals surface area contributed by atoms with Crippen LogP contribution in [0.3, 0.4) is 0 Å². The van der Waals surface area contributed by atoms with Crippen LogP contribution in [0, 0.1) is 34.5 Å². The van der Waals surface area contributed by atoms with E-state index in [1.165, 1.54) is 0 Å². The number of aliphatic hydroxyl groups is 1. The molecule has 0 saturated heterocycles. The molecule has 234 valence electrons. The molecule has 0 aliphatic heterocycles. The van der Waals surface area contributed by atoms with Crippen LogP contribution in [0.5, 0.6) is 5.75 Å². The van der Waals surface area contributed by atoms with E-state index >= 15 is 0 Å². The van der Waals surface area contributed by atoms with Gasteiger partial charge in [0.15, 0.2) is 28.7 Å². The monoisotopic (exact) mass is 600 g/mol. The fraction of sp³-hybridized carbons (Fsp3) is 0.541. The van der Waals surface area contributed by atoms with E-state index in [-0.39, 0.29) is 36.0 Å². The lowest BCUT2D eigenvalue weighted by molar-refractivity contribution is -0.205. The molecule has 2 fully saturated rings. The van der Waals surface area contributed by atoms with Gasteiger partial charge in [0.2, 0.25) is 0 Å². The molecule has 44 heavy (non-hydrogen) atoms. The summed E-state index contributed by atoms with van der Waals surface area (Å²) in [5.41, 5.74) is -1.17. The molecule has 7 heteroatoms. The van der Waals surface area contributed by atoms with Crippen molar-refractivity contribution in [2.24, 2.45) is 34.5 Å². The number of hydrogen-bond acceptors (Lipinski definition) is 7. The summed E-state index contributed by atoms with van der Waals surface area (Å²) in [4.78, 5) is 69.4. The van der Waals surface area contributed by atoms with Crippen LogP contribution in [-0.4, -0.2) is 44.7 Å². The fourth-order valence-corrected chi connectivity index (χ4v) is 9.11. The molecule has 0 aromatic heterocycles. The third-order valence-corrected chi connectivity index (χ3v) is 10.8. The number of aromatic hydroxyl groups is 1. The van der Waals surface area contributed by atoms with Crippen molar-refractivity contribution in [2.45, 2.75) is 92.6 Å². The average molecular weight is 601 g/mol. The Balaban J connectivity index is 1.70. The van der Waals surface area contributed by atoms with Crippen LogP contribution in [0.4, 0.5) is 0 Å². The molecule has 0 heterocycles. The quantitative estimate of drug-likeness (QED) is 0.390. The summed E-state index contributed by atoms with van der Waals surface area (Å²) in [6.45, 7) is 14.2. The molecule has 3 unspecified atom stereocenters. The number of ketones is 5. The van der Waals surface area contributed by atoms with Crippen molar-refractivity contribution < 1.29 is 34.2 Å². The van der Waals surface area contributed by atoms with Crippen LogP contribution in [-0.2, 0) is 25.6 Å². The Kier molecular flexibility index (Phi) is 7.68. The summed E-state index contributed by atoms with van der Waals surface area (Å²) < 4.78 is 0. The minimum absolute atomic E-state index is 0.00476. The smallest absolute Gasteiger partial charge is 0.190 e. The first-order valence-electron chi connectivity index (χ1n) is 15.8. The van der Waals surface area contributed by atoms with E-state index in [1.807, 2.05) is 45.1 Å². The first-order chi connectivity index (χ1) is 20.5. The van der Waals surface area contributed by atoms with Crippen molar-refractivity contribution in [2.75, 3.05) is 0 Å². The molecule has 0 bridgehead atoms. The van der Waals surface area contributed by atoms with E-state index in [1.54, 1.807) is 20.8 Å². The Morgan fingerprint density at radius 3 is 2.30 bits per heavy atom. The van der Waals surface area contributed by atoms with Gasteiger partial charge in [-0.15, -0.1) is 0 Å². The van der Waals surface area contributed by atoms with E-state index in [0.717, 1.165) is 30.1 Å². The number of phenols is 1. The lowest BCUT2D eigenvalue weighted by Crippen LogP contribution is -2.76. The maximum atomic E-state index is 14.6. The van der Waals surface area contributed by atoms with Gasteiger partial charge in [-0.25, -0.2) is 0 Å².